The van der Waals surface area contributed by atoms with Crippen LogP contribution in [0.25, 0.3) is 0 Å². The Morgan fingerprint density at radius 2 is 1.56 bits per heavy atom. The van der Waals surface area contributed by atoms with Crippen molar-refractivity contribution in [3.63, 3.8) is 0 Å². The van der Waals surface area contributed by atoms with Gasteiger partial charge in [0, 0.05) is 0 Å². The molecule has 0 amide bonds. The minimum Gasteiger partial charge on any atom is -0.790 e. The van der Waals surface area contributed by atoms with Crippen LogP contribution in [0, 0.1) is 5.92 Å². The van der Waals surface area contributed by atoms with Gasteiger partial charge in [0.25, 0.3) is 0 Å². The summed E-state index contributed by atoms with van der Waals surface area (Å²) in [5.74, 6) is 0.211. The van der Waals surface area contributed by atoms with E-state index >= 15 is 0 Å². The molecule has 0 bridgehead atoms. The topological polar surface area (TPSA) is 72.4 Å². The van der Waals surface area contributed by atoms with Gasteiger partial charge in [0.2, 0.25) is 0 Å². The zero-order valence-corrected chi connectivity index (χ0v) is 14.8. The summed E-state index contributed by atoms with van der Waals surface area (Å²) in [6.45, 7) is 4.32. The third-order valence-corrected chi connectivity index (χ3v) is 3.37. The van der Waals surface area contributed by atoms with Gasteiger partial charge < -0.3 is 18.9 Å². The summed E-state index contributed by atoms with van der Waals surface area (Å²) in [7, 11) is -4.80. The summed E-state index contributed by atoms with van der Waals surface area (Å²) in [5, 5.41) is 0. The molecule has 0 saturated heterocycles. The van der Waals surface area contributed by atoms with E-state index in [1.165, 1.54) is 19.3 Å². The molecule has 1 atom stereocenters. The Morgan fingerprint density at radius 1 is 1.00 bits per heavy atom. The van der Waals surface area contributed by atoms with Gasteiger partial charge in [0.1, 0.15) is 0 Å². The van der Waals surface area contributed by atoms with E-state index in [1.54, 1.807) is 0 Å². The van der Waals surface area contributed by atoms with Crippen molar-refractivity contribution in [3.8, 4) is 0 Å². The van der Waals surface area contributed by atoms with Crippen molar-refractivity contribution in [2.45, 2.75) is 65.2 Å². The van der Waals surface area contributed by atoms with Crippen LogP contribution >= 0.6 is 7.82 Å². The zero-order valence-electron chi connectivity index (χ0n) is 11.7. The molecule has 0 aliphatic rings. The Kier molecular flexibility index (Phi) is 16.1. The van der Waals surface area contributed by atoms with E-state index in [0.29, 0.717) is 0 Å². The van der Waals surface area contributed by atoms with Crippen LogP contribution in [0.4, 0.5) is 0 Å². The van der Waals surface area contributed by atoms with E-state index in [4.69, 9.17) is 0 Å². The molecule has 0 spiro atoms. The van der Waals surface area contributed by atoms with Gasteiger partial charge in [-0.25, -0.2) is 0 Å². The molecule has 0 aromatic heterocycles. The van der Waals surface area contributed by atoms with Crippen LogP contribution in [0.2, 0.25) is 0 Å². The predicted molar refractivity (Wildman–Crippen MR) is 71.1 cm³/mol. The summed E-state index contributed by atoms with van der Waals surface area (Å²) in [4.78, 5) is 20.9. The molecule has 0 aliphatic heterocycles. The molecule has 104 valence electrons. The second-order valence-electron chi connectivity index (χ2n) is 4.60. The molecule has 6 heteroatoms. The zero-order chi connectivity index (χ0) is 13.1. The van der Waals surface area contributed by atoms with Gasteiger partial charge in [-0.3, -0.25) is 0 Å². The number of phosphoric ester groups is 1. The summed E-state index contributed by atoms with van der Waals surface area (Å²) in [5.41, 5.74) is 0. The second-order valence-corrected chi connectivity index (χ2v) is 5.75. The van der Waals surface area contributed by atoms with Gasteiger partial charge in [0.05, 0.1) is 14.4 Å². The first-order valence-corrected chi connectivity index (χ1v) is 8.12. The van der Waals surface area contributed by atoms with Crippen LogP contribution in [0.15, 0.2) is 0 Å². The predicted octanol–water partition coefficient (Wildman–Crippen LogP) is 2.23. The van der Waals surface area contributed by atoms with E-state index in [0.717, 1.165) is 32.1 Å². The van der Waals surface area contributed by atoms with Gasteiger partial charge in [-0.2, -0.15) is 0 Å². The first kappa shape index (κ1) is 21.7. The molecule has 1 unspecified atom stereocenters. The Morgan fingerprint density at radius 3 is 2.06 bits per heavy atom. The summed E-state index contributed by atoms with van der Waals surface area (Å²) < 4.78 is 14.8. The van der Waals surface area contributed by atoms with Gasteiger partial charge in [-0.05, 0) is 18.8 Å². The molecule has 0 saturated carbocycles. The maximum Gasteiger partial charge on any atom is 2.00 e. The molecule has 0 aliphatic carbocycles. The van der Waals surface area contributed by atoms with Crippen molar-refractivity contribution < 1.29 is 18.9 Å². The number of unbranched alkanes of at least 4 members (excludes halogenated alkanes) is 4. The molecule has 0 rings (SSSR count). The maximum atomic E-state index is 10.4. The Labute approximate surface area is 141 Å². The molecular formula is C12H25CaO4P. The standard InChI is InChI=1S/C12H27O4P.Ca/c1-3-5-7-8-10-12(9-6-4-2)11-16-17(13,14)15;/h12H,3-11H2,1-2H3,(H2,13,14,15);/q;+2/p-2. The monoisotopic (exact) mass is 304 g/mol. The normalized spacial score (nSPS) is 13.1. The molecule has 0 radical (unpaired) electrons. The molecule has 0 N–H and O–H groups in total. The van der Waals surface area contributed by atoms with E-state index in [1.807, 2.05) is 0 Å². The van der Waals surface area contributed by atoms with E-state index in [-0.39, 0.29) is 50.3 Å². The average molecular weight is 304 g/mol. The SMILES string of the molecule is CCCCCCC(CCCC)COP(=O)([O-])[O-].[Ca+2]. The number of phosphoric acid groups is 1. The first-order valence-electron chi connectivity index (χ1n) is 6.66. The third-order valence-electron chi connectivity index (χ3n) is 2.90. The quantitative estimate of drug-likeness (QED) is 0.333. The third kappa shape index (κ3) is 15.4. The summed E-state index contributed by atoms with van der Waals surface area (Å²) in [6.07, 6.45) is 8.71. The van der Waals surface area contributed by atoms with Crippen molar-refractivity contribution in [1.82, 2.24) is 0 Å². The number of hydrogen-bond donors (Lipinski definition) is 0. The molecule has 0 heterocycles. The van der Waals surface area contributed by atoms with Crippen molar-refractivity contribution >= 4 is 45.6 Å². The summed E-state index contributed by atoms with van der Waals surface area (Å²) >= 11 is 0. The molecule has 18 heavy (non-hydrogen) atoms. The van der Waals surface area contributed by atoms with Crippen LogP contribution in [0.5, 0.6) is 0 Å². The van der Waals surface area contributed by atoms with Crippen LogP contribution < -0.4 is 9.79 Å². The molecule has 0 aromatic rings. The van der Waals surface area contributed by atoms with Gasteiger partial charge >= 0.3 is 37.7 Å². The Hall–Kier alpha value is 1.37. The van der Waals surface area contributed by atoms with Crippen LogP contribution in [0.3, 0.4) is 0 Å². The van der Waals surface area contributed by atoms with Crippen molar-refractivity contribution in [1.29, 1.82) is 0 Å². The molecular weight excluding hydrogens is 279 g/mol. The largest absolute Gasteiger partial charge is 2.00 e. The smallest absolute Gasteiger partial charge is 0.790 e. The maximum absolute atomic E-state index is 10.4. The Balaban J connectivity index is 0. The number of hydrogen-bond acceptors (Lipinski definition) is 4. The van der Waals surface area contributed by atoms with E-state index in [2.05, 4.69) is 18.4 Å². The fourth-order valence-corrected chi connectivity index (χ4v) is 2.25. The van der Waals surface area contributed by atoms with Crippen molar-refractivity contribution in [2.24, 2.45) is 5.92 Å². The summed E-state index contributed by atoms with van der Waals surface area (Å²) in [6, 6.07) is 0. The van der Waals surface area contributed by atoms with Gasteiger partial charge in [-0.1, -0.05) is 52.4 Å². The minimum atomic E-state index is -4.80. The van der Waals surface area contributed by atoms with Crippen LogP contribution in [0.1, 0.15) is 65.2 Å². The van der Waals surface area contributed by atoms with E-state index < -0.39 is 7.82 Å². The fourth-order valence-electron chi connectivity index (χ4n) is 1.86. The molecule has 0 fully saturated rings. The van der Waals surface area contributed by atoms with Crippen molar-refractivity contribution in [2.75, 3.05) is 6.61 Å². The number of rotatable bonds is 11. The van der Waals surface area contributed by atoms with E-state index in [9.17, 15) is 14.4 Å². The minimum absolute atomic E-state index is 0. The van der Waals surface area contributed by atoms with Gasteiger partial charge in [-0.15, -0.1) is 0 Å². The fraction of sp³-hybridized carbons (Fsp3) is 1.00. The second kappa shape index (κ2) is 13.4. The first-order chi connectivity index (χ1) is 7.99. The van der Waals surface area contributed by atoms with Gasteiger partial charge in [0.15, 0.2) is 0 Å². The van der Waals surface area contributed by atoms with Crippen molar-refractivity contribution in [3.05, 3.63) is 0 Å². The Bertz CT molecular complexity index is 220. The van der Waals surface area contributed by atoms with Crippen LogP contribution in [-0.2, 0) is 9.09 Å². The average Bonchev–Trinajstić information content (AvgIpc) is 2.25. The van der Waals surface area contributed by atoms with Crippen LogP contribution in [-0.4, -0.2) is 44.3 Å². The molecule has 4 nitrogen and oxygen atoms in total. The molecule has 0 aromatic carbocycles.